The molecule has 16 heavy (non-hydrogen) atoms. The van der Waals surface area contributed by atoms with Gasteiger partial charge in [-0.3, -0.25) is 9.59 Å². The Labute approximate surface area is 91.8 Å². The Hall–Kier alpha value is -1.75. The van der Waals surface area contributed by atoms with Gasteiger partial charge in [-0.2, -0.15) is 0 Å². The number of anilines is 1. The minimum Gasteiger partial charge on any atom is -0.330 e. The van der Waals surface area contributed by atoms with Gasteiger partial charge in [0.05, 0.1) is 11.3 Å². The summed E-state index contributed by atoms with van der Waals surface area (Å²) in [7, 11) is 0. The van der Waals surface area contributed by atoms with Crippen LogP contribution in [0, 0.1) is 5.82 Å². The average molecular weight is 222 g/mol. The largest absolute Gasteiger partial charge is 0.330 e. The number of carbonyl (C=O) groups is 2. The highest BCUT2D eigenvalue weighted by Crippen LogP contribution is 2.29. The zero-order valence-corrected chi connectivity index (χ0v) is 8.57. The molecule has 2 rings (SSSR count). The van der Waals surface area contributed by atoms with Crippen LogP contribution in [0.5, 0.6) is 0 Å². The SMILES string of the molecule is NCCCN1C(=O)C(=O)c2cc(F)ccc21. The monoisotopic (exact) mass is 222 g/mol. The van der Waals surface area contributed by atoms with Crippen molar-refractivity contribution in [2.24, 2.45) is 5.73 Å². The van der Waals surface area contributed by atoms with E-state index in [1.165, 1.54) is 17.0 Å². The van der Waals surface area contributed by atoms with E-state index in [-0.39, 0.29) is 5.56 Å². The van der Waals surface area contributed by atoms with Crippen LogP contribution in [0.15, 0.2) is 18.2 Å². The van der Waals surface area contributed by atoms with Crippen molar-refractivity contribution in [2.45, 2.75) is 6.42 Å². The molecule has 5 heteroatoms. The number of hydrogen-bond donors (Lipinski definition) is 1. The number of nitrogens with two attached hydrogens (primary N) is 1. The summed E-state index contributed by atoms with van der Waals surface area (Å²) in [6.07, 6.45) is 0.607. The van der Waals surface area contributed by atoms with Crippen LogP contribution in [0.1, 0.15) is 16.8 Å². The molecule has 0 atom stereocenters. The molecule has 1 heterocycles. The van der Waals surface area contributed by atoms with Gasteiger partial charge in [0.2, 0.25) is 0 Å². The first-order valence-electron chi connectivity index (χ1n) is 5.01. The van der Waals surface area contributed by atoms with Gasteiger partial charge < -0.3 is 10.6 Å². The summed E-state index contributed by atoms with van der Waals surface area (Å²) in [5.74, 6) is -1.76. The highest BCUT2D eigenvalue weighted by Gasteiger charge is 2.35. The van der Waals surface area contributed by atoms with E-state index < -0.39 is 17.5 Å². The number of carbonyl (C=O) groups excluding carboxylic acids is 2. The van der Waals surface area contributed by atoms with E-state index in [1.54, 1.807) is 0 Å². The summed E-state index contributed by atoms with van der Waals surface area (Å²) in [5.41, 5.74) is 5.97. The van der Waals surface area contributed by atoms with Crippen molar-refractivity contribution >= 4 is 17.4 Å². The van der Waals surface area contributed by atoms with Crippen LogP contribution in [-0.4, -0.2) is 24.8 Å². The lowest BCUT2D eigenvalue weighted by Crippen LogP contribution is -2.31. The molecule has 0 spiro atoms. The first-order valence-corrected chi connectivity index (χ1v) is 5.01. The third-order valence-corrected chi connectivity index (χ3v) is 2.52. The number of Topliss-reactive ketones (excluding diaryl/α,β-unsaturated/α-hetero) is 1. The Kier molecular flexibility index (Phi) is 2.70. The molecule has 0 aliphatic carbocycles. The summed E-state index contributed by atoms with van der Waals surface area (Å²) in [6, 6.07) is 3.78. The van der Waals surface area contributed by atoms with Crippen LogP contribution in [-0.2, 0) is 4.79 Å². The van der Waals surface area contributed by atoms with Crippen LogP contribution >= 0.6 is 0 Å². The predicted octanol–water partition coefficient (Wildman–Crippen LogP) is 0.704. The van der Waals surface area contributed by atoms with E-state index in [9.17, 15) is 14.0 Å². The second-order valence-electron chi connectivity index (χ2n) is 3.59. The highest BCUT2D eigenvalue weighted by atomic mass is 19.1. The molecule has 0 bridgehead atoms. The Morgan fingerprint density at radius 3 is 2.75 bits per heavy atom. The Morgan fingerprint density at radius 2 is 2.06 bits per heavy atom. The maximum Gasteiger partial charge on any atom is 0.299 e. The van der Waals surface area contributed by atoms with Crippen LogP contribution < -0.4 is 10.6 Å². The third kappa shape index (κ3) is 1.59. The van der Waals surface area contributed by atoms with Crippen molar-refractivity contribution in [3.8, 4) is 0 Å². The average Bonchev–Trinajstić information content (AvgIpc) is 2.50. The maximum absolute atomic E-state index is 12.9. The van der Waals surface area contributed by atoms with E-state index in [0.29, 0.717) is 25.2 Å². The second-order valence-corrected chi connectivity index (χ2v) is 3.59. The summed E-state index contributed by atoms with van der Waals surface area (Å²) >= 11 is 0. The van der Waals surface area contributed by atoms with E-state index in [0.717, 1.165) is 6.07 Å². The highest BCUT2D eigenvalue weighted by molar-refractivity contribution is 6.52. The van der Waals surface area contributed by atoms with Gasteiger partial charge in [-0.05, 0) is 31.2 Å². The van der Waals surface area contributed by atoms with Crippen molar-refractivity contribution in [1.82, 2.24) is 0 Å². The first-order chi connectivity index (χ1) is 7.65. The molecule has 84 valence electrons. The molecule has 0 saturated heterocycles. The molecule has 1 aromatic rings. The quantitative estimate of drug-likeness (QED) is 0.766. The zero-order valence-electron chi connectivity index (χ0n) is 8.57. The van der Waals surface area contributed by atoms with Crippen molar-refractivity contribution in [3.63, 3.8) is 0 Å². The van der Waals surface area contributed by atoms with E-state index >= 15 is 0 Å². The molecule has 0 radical (unpaired) electrons. The fraction of sp³-hybridized carbons (Fsp3) is 0.273. The standard InChI is InChI=1S/C11H11FN2O2/c12-7-2-3-9-8(6-7)10(15)11(16)14(9)5-1-4-13/h2-3,6H,1,4-5,13H2. The smallest absolute Gasteiger partial charge is 0.299 e. The van der Waals surface area contributed by atoms with E-state index in [2.05, 4.69) is 0 Å². The Morgan fingerprint density at radius 1 is 1.31 bits per heavy atom. The van der Waals surface area contributed by atoms with Crippen molar-refractivity contribution in [1.29, 1.82) is 0 Å². The van der Waals surface area contributed by atoms with Crippen molar-refractivity contribution in [2.75, 3.05) is 18.0 Å². The van der Waals surface area contributed by atoms with Gasteiger partial charge in [-0.25, -0.2) is 4.39 Å². The summed E-state index contributed by atoms with van der Waals surface area (Å²) < 4.78 is 12.9. The molecular formula is C11H11FN2O2. The van der Waals surface area contributed by atoms with E-state index in [4.69, 9.17) is 5.73 Å². The first kappa shape index (κ1) is 10.8. The lowest BCUT2D eigenvalue weighted by Gasteiger charge is -2.15. The molecule has 2 N–H and O–H groups in total. The van der Waals surface area contributed by atoms with Crippen LogP contribution in [0.25, 0.3) is 0 Å². The number of halogens is 1. The number of fused-ring (bicyclic) bond motifs is 1. The Balaban J connectivity index is 2.38. The number of nitrogens with zero attached hydrogens (tertiary/aromatic N) is 1. The van der Waals surface area contributed by atoms with Crippen LogP contribution in [0.2, 0.25) is 0 Å². The molecule has 0 fully saturated rings. The molecule has 0 aromatic heterocycles. The van der Waals surface area contributed by atoms with E-state index in [1.807, 2.05) is 0 Å². The predicted molar refractivity (Wildman–Crippen MR) is 56.8 cm³/mol. The van der Waals surface area contributed by atoms with Gasteiger partial charge >= 0.3 is 0 Å². The van der Waals surface area contributed by atoms with Gasteiger partial charge in [0.25, 0.3) is 11.7 Å². The van der Waals surface area contributed by atoms with Gasteiger partial charge in [0.1, 0.15) is 5.82 Å². The minimum atomic E-state index is -0.647. The lowest BCUT2D eigenvalue weighted by molar-refractivity contribution is -0.114. The summed E-state index contributed by atoms with van der Waals surface area (Å²) in [4.78, 5) is 24.5. The topological polar surface area (TPSA) is 63.4 Å². The summed E-state index contributed by atoms with van der Waals surface area (Å²) in [5, 5.41) is 0. The van der Waals surface area contributed by atoms with Crippen molar-refractivity contribution in [3.05, 3.63) is 29.6 Å². The normalized spacial score (nSPS) is 14.5. The van der Waals surface area contributed by atoms with Crippen LogP contribution in [0.3, 0.4) is 0 Å². The number of amides is 1. The number of hydrogen-bond acceptors (Lipinski definition) is 3. The second kappa shape index (κ2) is 4.02. The fourth-order valence-corrected chi connectivity index (χ4v) is 1.74. The third-order valence-electron chi connectivity index (χ3n) is 2.52. The zero-order chi connectivity index (χ0) is 11.7. The molecule has 0 saturated carbocycles. The number of benzene rings is 1. The number of rotatable bonds is 3. The molecular weight excluding hydrogens is 211 g/mol. The van der Waals surface area contributed by atoms with Gasteiger partial charge in [0, 0.05) is 6.54 Å². The Bertz CT molecular complexity index is 459. The van der Waals surface area contributed by atoms with Crippen LogP contribution in [0.4, 0.5) is 10.1 Å². The molecule has 1 aromatic carbocycles. The lowest BCUT2D eigenvalue weighted by atomic mass is 10.1. The maximum atomic E-state index is 12.9. The fourth-order valence-electron chi connectivity index (χ4n) is 1.74. The molecule has 1 amide bonds. The molecule has 1 aliphatic rings. The van der Waals surface area contributed by atoms with Crippen molar-refractivity contribution < 1.29 is 14.0 Å². The molecule has 4 nitrogen and oxygen atoms in total. The van der Waals surface area contributed by atoms with Gasteiger partial charge in [0.15, 0.2) is 0 Å². The summed E-state index contributed by atoms with van der Waals surface area (Å²) in [6.45, 7) is 0.828. The molecule has 0 unspecified atom stereocenters. The minimum absolute atomic E-state index is 0.141. The van der Waals surface area contributed by atoms with Gasteiger partial charge in [-0.1, -0.05) is 0 Å². The van der Waals surface area contributed by atoms with Gasteiger partial charge in [-0.15, -0.1) is 0 Å². The molecule has 1 aliphatic heterocycles. The number of ketones is 1.